The first-order chi connectivity index (χ1) is 12.9. The summed E-state index contributed by atoms with van der Waals surface area (Å²) in [7, 11) is 0. The van der Waals surface area contributed by atoms with E-state index in [0.717, 1.165) is 50.5 Å². The second-order valence-electron chi connectivity index (χ2n) is 7.07. The van der Waals surface area contributed by atoms with Crippen molar-refractivity contribution >= 4 is 28.6 Å². The Kier molecular flexibility index (Phi) is 4.52. The van der Waals surface area contributed by atoms with E-state index >= 15 is 0 Å². The summed E-state index contributed by atoms with van der Waals surface area (Å²) in [6, 6.07) is 7.78. The first-order valence-electron chi connectivity index (χ1n) is 8.87. The van der Waals surface area contributed by atoms with Gasteiger partial charge in [0.15, 0.2) is 5.82 Å². The largest absolute Gasteiger partial charge is 0.272 e. The molecule has 138 valence electrons. The smallest absolute Gasteiger partial charge is 0.163 e. The van der Waals surface area contributed by atoms with Gasteiger partial charge in [0.2, 0.25) is 0 Å². The molecule has 0 unspecified atom stereocenters. The maximum absolute atomic E-state index is 6.12. The van der Waals surface area contributed by atoms with Gasteiger partial charge in [-0.2, -0.15) is 0 Å². The Bertz CT molecular complexity index is 1070. The quantitative estimate of drug-likeness (QED) is 0.527. The van der Waals surface area contributed by atoms with Crippen LogP contribution in [0.25, 0.3) is 5.00 Å². The zero-order valence-corrected chi connectivity index (χ0v) is 17.4. The van der Waals surface area contributed by atoms with E-state index in [1.54, 1.807) is 11.3 Å². The molecule has 0 spiro atoms. The maximum atomic E-state index is 6.12. The van der Waals surface area contributed by atoms with Crippen molar-refractivity contribution in [2.24, 2.45) is 4.99 Å². The molecule has 4 nitrogen and oxygen atoms in total. The fourth-order valence-electron chi connectivity index (χ4n) is 3.46. The van der Waals surface area contributed by atoms with Gasteiger partial charge >= 0.3 is 0 Å². The highest BCUT2D eigenvalue weighted by atomic mass is 35.5. The summed E-state index contributed by atoms with van der Waals surface area (Å²) in [5, 5.41) is 10.7. The molecule has 2 aromatic heterocycles. The Balaban J connectivity index is 2.04. The zero-order chi connectivity index (χ0) is 19.3. The van der Waals surface area contributed by atoms with Gasteiger partial charge < -0.3 is 0 Å². The van der Waals surface area contributed by atoms with Gasteiger partial charge in [-0.05, 0) is 51.8 Å². The fourth-order valence-corrected chi connectivity index (χ4v) is 4.80. The van der Waals surface area contributed by atoms with Crippen molar-refractivity contribution in [1.82, 2.24) is 14.8 Å². The summed E-state index contributed by atoms with van der Waals surface area (Å²) in [5.74, 6) is 1.76. The minimum atomic E-state index is -0.117. The van der Waals surface area contributed by atoms with Crippen LogP contribution in [0.1, 0.15) is 52.6 Å². The molecule has 0 amide bonds. The number of benzene rings is 1. The molecule has 3 aromatic rings. The van der Waals surface area contributed by atoms with Crippen LogP contribution in [0.5, 0.6) is 0 Å². The lowest BCUT2D eigenvalue weighted by Gasteiger charge is -2.12. The third-order valence-corrected chi connectivity index (χ3v) is 6.34. The van der Waals surface area contributed by atoms with E-state index < -0.39 is 0 Å². The van der Waals surface area contributed by atoms with E-state index in [1.807, 2.05) is 38.1 Å². The molecule has 0 radical (unpaired) electrons. The number of aliphatic imine (C=N–C) groups is 1. The zero-order valence-electron chi connectivity index (χ0n) is 15.9. The molecular weight excluding hydrogens is 376 g/mol. The van der Waals surface area contributed by atoms with Crippen LogP contribution >= 0.6 is 22.9 Å². The molecular formula is C21H21ClN4S. The molecule has 6 heteroatoms. The SMILES string of the molecule is C=C(C)C[C@@H]1N=C(c2ccc(Cl)cc2)c2c(sc(C)c2C)-n2c(C)nnc21. The number of fused-ring (bicyclic) bond motifs is 3. The maximum Gasteiger partial charge on any atom is 0.163 e. The van der Waals surface area contributed by atoms with E-state index in [0.29, 0.717) is 0 Å². The second-order valence-corrected chi connectivity index (χ2v) is 8.71. The first-order valence-corrected chi connectivity index (χ1v) is 10.1. The van der Waals surface area contributed by atoms with Crippen LogP contribution < -0.4 is 0 Å². The van der Waals surface area contributed by atoms with Crippen molar-refractivity contribution in [3.63, 3.8) is 0 Å². The first kappa shape index (κ1) is 18.1. The molecule has 1 aliphatic rings. The van der Waals surface area contributed by atoms with Crippen LogP contribution in [0, 0.1) is 20.8 Å². The molecule has 1 aliphatic heterocycles. The van der Waals surface area contributed by atoms with Crippen molar-refractivity contribution in [1.29, 1.82) is 0 Å². The Morgan fingerprint density at radius 2 is 1.89 bits per heavy atom. The predicted molar refractivity (Wildman–Crippen MR) is 113 cm³/mol. The lowest BCUT2D eigenvalue weighted by Crippen LogP contribution is -2.07. The number of nitrogens with zero attached hydrogens (tertiary/aromatic N) is 4. The molecule has 0 fully saturated rings. The number of aromatic nitrogens is 3. The molecule has 1 atom stereocenters. The van der Waals surface area contributed by atoms with Crippen molar-refractivity contribution in [3.8, 4) is 5.00 Å². The monoisotopic (exact) mass is 396 g/mol. The summed E-state index contributed by atoms with van der Waals surface area (Å²) >= 11 is 7.89. The molecule has 1 aromatic carbocycles. The van der Waals surface area contributed by atoms with Gasteiger partial charge in [0.1, 0.15) is 16.9 Å². The fraction of sp³-hybridized carbons (Fsp3) is 0.286. The van der Waals surface area contributed by atoms with E-state index in [4.69, 9.17) is 16.6 Å². The number of rotatable bonds is 3. The van der Waals surface area contributed by atoms with Gasteiger partial charge in [0.05, 0.1) is 5.71 Å². The highest BCUT2D eigenvalue weighted by Crippen LogP contribution is 2.40. The molecule has 0 aliphatic carbocycles. The summed E-state index contributed by atoms with van der Waals surface area (Å²) in [4.78, 5) is 6.46. The van der Waals surface area contributed by atoms with Crippen molar-refractivity contribution in [2.75, 3.05) is 0 Å². The molecule has 3 heterocycles. The van der Waals surface area contributed by atoms with E-state index in [-0.39, 0.29) is 6.04 Å². The molecule has 0 saturated heterocycles. The van der Waals surface area contributed by atoms with Gasteiger partial charge in [0.25, 0.3) is 0 Å². The van der Waals surface area contributed by atoms with Crippen molar-refractivity contribution in [3.05, 3.63) is 74.7 Å². The molecule has 0 saturated carbocycles. The Morgan fingerprint density at radius 3 is 2.56 bits per heavy atom. The average Bonchev–Trinajstić information content (AvgIpc) is 3.08. The summed E-state index contributed by atoms with van der Waals surface area (Å²) in [5.41, 5.74) is 5.53. The summed E-state index contributed by atoms with van der Waals surface area (Å²) in [6.07, 6.45) is 0.738. The van der Waals surface area contributed by atoms with Gasteiger partial charge in [-0.25, -0.2) is 0 Å². The number of thiophene rings is 1. The molecule has 4 rings (SSSR count). The Labute approximate surface area is 168 Å². The van der Waals surface area contributed by atoms with Crippen LogP contribution in [0.15, 0.2) is 41.4 Å². The van der Waals surface area contributed by atoms with Gasteiger partial charge in [-0.15, -0.1) is 28.1 Å². The van der Waals surface area contributed by atoms with Crippen LogP contribution in [0.3, 0.4) is 0 Å². The summed E-state index contributed by atoms with van der Waals surface area (Å²) in [6.45, 7) is 12.4. The third-order valence-electron chi connectivity index (χ3n) is 4.90. The van der Waals surface area contributed by atoms with Gasteiger partial charge in [-0.1, -0.05) is 29.3 Å². The second kappa shape index (κ2) is 6.73. The van der Waals surface area contributed by atoms with Crippen molar-refractivity contribution < 1.29 is 0 Å². The normalized spacial score (nSPS) is 15.7. The standard InChI is InChI=1S/C21H21ClN4S/c1-11(2)10-17-20-25-24-14(5)26(20)21-18(12(3)13(4)27-21)19(23-17)15-6-8-16(22)9-7-15/h6-9,17H,1,10H2,2-5H3/t17-/m0/s1. The minimum absolute atomic E-state index is 0.117. The van der Waals surface area contributed by atoms with Gasteiger partial charge in [0, 0.05) is 21.0 Å². The van der Waals surface area contributed by atoms with E-state index in [1.165, 1.54) is 10.4 Å². The molecule has 27 heavy (non-hydrogen) atoms. The average molecular weight is 397 g/mol. The topological polar surface area (TPSA) is 43.1 Å². The molecule has 0 bridgehead atoms. The summed E-state index contributed by atoms with van der Waals surface area (Å²) < 4.78 is 2.17. The Hall–Kier alpha value is -2.24. The van der Waals surface area contributed by atoms with Crippen LogP contribution in [0.4, 0.5) is 0 Å². The van der Waals surface area contributed by atoms with E-state index in [9.17, 15) is 0 Å². The van der Waals surface area contributed by atoms with Gasteiger partial charge in [-0.3, -0.25) is 9.56 Å². The highest BCUT2D eigenvalue weighted by molar-refractivity contribution is 7.15. The highest BCUT2D eigenvalue weighted by Gasteiger charge is 2.31. The van der Waals surface area contributed by atoms with Crippen LogP contribution in [-0.2, 0) is 0 Å². The minimum Gasteiger partial charge on any atom is -0.272 e. The van der Waals surface area contributed by atoms with Crippen LogP contribution in [-0.4, -0.2) is 20.5 Å². The van der Waals surface area contributed by atoms with Crippen LogP contribution in [0.2, 0.25) is 5.02 Å². The third kappa shape index (κ3) is 3.05. The molecule has 0 N–H and O–H groups in total. The van der Waals surface area contributed by atoms with Crippen molar-refractivity contribution in [2.45, 2.75) is 40.2 Å². The van der Waals surface area contributed by atoms with E-state index in [2.05, 4.69) is 35.2 Å². The lowest BCUT2D eigenvalue weighted by molar-refractivity contribution is 0.655. The number of hydrogen-bond donors (Lipinski definition) is 0. The number of hydrogen-bond acceptors (Lipinski definition) is 4. The number of halogens is 1. The number of aryl methyl sites for hydroxylation is 2. The lowest BCUT2D eigenvalue weighted by atomic mass is 9.99. The predicted octanol–water partition coefficient (Wildman–Crippen LogP) is 5.77. The Morgan fingerprint density at radius 1 is 1.19 bits per heavy atom.